The van der Waals surface area contributed by atoms with E-state index in [0.29, 0.717) is 6.04 Å². The minimum absolute atomic E-state index is 0.614. The van der Waals surface area contributed by atoms with E-state index in [1.165, 1.54) is 16.5 Å². The number of aromatic amines is 1. The monoisotopic (exact) mass is 245 g/mol. The lowest BCUT2D eigenvalue weighted by Crippen LogP contribution is -2.33. The summed E-state index contributed by atoms with van der Waals surface area (Å²) >= 11 is 0. The highest BCUT2D eigenvalue weighted by atomic mass is 15.1. The predicted molar refractivity (Wildman–Crippen MR) is 77.8 cm³/mol. The van der Waals surface area contributed by atoms with Crippen molar-refractivity contribution in [1.82, 2.24) is 15.2 Å². The van der Waals surface area contributed by atoms with Crippen LogP contribution in [0.4, 0.5) is 0 Å². The number of aromatic nitrogens is 1. The Balaban J connectivity index is 1.79. The zero-order valence-corrected chi connectivity index (χ0v) is 11.5. The van der Waals surface area contributed by atoms with E-state index in [9.17, 15) is 0 Å². The minimum atomic E-state index is 0.614. The van der Waals surface area contributed by atoms with Crippen LogP contribution in [0.5, 0.6) is 0 Å². The number of hydrogen-bond acceptors (Lipinski definition) is 2. The van der Waals surface area contributed by atoms with Crippen molar-refractivity contribution >= 4 is 10.9 Å². The number of H-pyrrole nitrogens is 1. The largest absolute Gasteiger partial charge is 0.361 e. The molecule has 2 N–H and O–H groups in total. The normalized spacial score (nSPS) is 11.8. The van der Waals surface area contributed by atoms with Crippen molar-refractivity contribution in [3.8, 4) is 0 Å². The molecule has 0 radical (unpaired) electrons. The lowest BCUT2D eigenvalue weighted by atomic mass is 10.1. The van der Waals surface area contributed by atoms with Crippen molar-refractivity contribution in [1.29, 1.82) is 0 Å². The van der Waals surface area contributed by atoms with Crippen LogP contribution in [0.2, 0.25) is 0 Å². The van der Waals surface area contributed by atoms with E-state index in [1.807, 2.05) is 6.20 Å². The number of hydrogen-bond donors (Lipinski definition) is 2. The first-order valence-corrected chi connectivity index (χ1v) is 6.64. The maximum absolute atomic E-state index is 3.49. The Labute approximate surface area is 109 Å². The van der Waals surface area contributed by atoms with Crippen molar-refractivity contribution in [2.75, 3.05) is 20.1 Å². The fourth-order valence-corrected chi connectivity index (χ4v) is 1.96. The number of likely N-dealkylation sites (N-methyl/N-ethyl adjacent to an activating group) is 1. The van der Waals surface area contributed by atoms with Gasteiger partial charge in [-0.15, -0.1) is 0 Å². The van der Waals surface area contributed by atoms with Gasteiger partial charge in [-0.1, -0.05) is 6.07 Å². The molecule has 0 unspecified atom stereocenters. The summed E-state index contributed by atoms with van der Waals surface area (Å²) in [5.41, 5.74) is 2.55. The van der Waals surface area contributed by atoms with Gasteiger partial charge < -0.3 is 15.2 Å². The van der Waals surface area contributed by atoms with Crippen molar-refractivity contribution in [2.45, 2.75) is 26.4 Å². The fraction of sp³-hybridized carbons (Fsp3) is 0.467. The Bertz CT molecular complexity index is 487. The summed E-state index contributed by atoms with van der Waals surface area (Å²) in [5.74, 6) is 0. The van der Waals surface area contributed by atoms with Crippen molar-refractivity contribution in [3.63, 3.8) is 0 Å². The van der Waals surface area contributed by atoms with E-state index >= 15 is 0 Å². The maximum Gasteiger partial charge on any atom is 0.0454 e. The number of nitrogens with one attached hydrogen (secondary N) is 2. The molecule has 0 aliphatic rings. The molecular weight excluding hydrogens is 222 g/mol. The van der Waals surface area contributed by atoms with Crippen LogP contribution in [0.1, 0.15) is 19.4 Å². The van der Waals surface area contributed by atoms with E-state index in [2.05, 4.69) is 60.4 Å². The highest BCUT2D eigenvalue weighted by Gasteiger charge is 2.02. The molecule has 18 heavy (non-hydrogen) atoms. The third-order valence-corrected chi connectivity index (χ3v) is 3.47. The zero-order chi connectivity index (χ0) is 13.0. The molecule has 1 aromatic carbocycles. The first-order chi connectivity index (χ1) is 8.66. The van der Waals surface area contributed by atoms with Gasteiger partial charge in [0.1, 0.15) is 0 Å². The third kappa shape index (κ3) is 3.34. The van der Waals surface area contributed by atoms with Gasteiger partial charge in [0.05, 0.1) is 0 Å². The van der Waals surface area contributed by atoms with Crippen LogP contribution >= 0.6 is 0 Å². The summed E-state index contributed by atoms with van der Waals surface area (Å²) in [6.07, 6.45) is 1.99. The summed E-state index contributed by atoms with van der Waals surface area (Å²) in [4.78, 5) is 5.56. The van der Waals surface area contributed by atoms with Gasteiger partial charge in [-0.2, -0.15) is 0 Å². The molecule has 3 heteroatoms. The molecule has 98 valence electrons. The minimum Gasteiger partial charge on any atom is -0.361 e. The van der Waals surface area contributed by atoms with E-state index in [1.54, 1.807) is 0 Å². The molecular formula is C15H23N3. The molecule has 0 fully saturated rings. The summed E-state index contributed by atoms with van der Waals surface area (Å²) in [6, 6.07) is 9.30. The van der Waals surface area contributed by atoms with Gasteiger partial charge in [0, 0.05) is 37.4 Å². The van der Waals surface area contributed by atoms with Gasteiger partial charge in [-0.05, 0) is 50.0 Å². The Morgan fingerprint density at radius 1 is 1.28 bits per heavy atom. The molecule has 2 rings (SSSR count). The van der Waals surface area contributed by atoms with Crippen molar-refractivity contribution in [3.05, 3.63) is 36.0 Å². The number of nitrogens with zero attached hydrogens (tertiary/aromatic N) is 1. The highest BCUT2D eigenvalue weighted by Crippen LogP contribution is 2.13. The average molecular weight is 245 g/mol. The van der Waals surface area contributed by atoms with E-state index < -0.39 is 0 Å². The quantitative estimate of drug-likeness (QED) is 0.766. The van der Waals surface area contributed by atoms with E-state index in [-0.39, 0.29) is 0 Å². The second kappa shape index (κ2) is 6.03. The fourth-order valence-electron chi connectivity index (χ4n) is 1.96. The lowest BCUT2D eigenvalue weighted by molar-refractivity contribution is 0.273. The van der Waals surface area contributed by atoms with Crippen LogP contribution in [0.15, 0.2) is 30.5 Å². The summed E-state index contributed by atoms with van der Waals surface area (Å²) in [7, 11) is 2.16. The molecule has 0 saturated carbocycles. The smallest absolute Gasteiger partial charge is 0.0454 e. The third-order valence-electron chi connectivity index (χ3n) is 3.47. The van der Waals surface area contributed by atoms with Crippen LogP contribution < -0.4 is 5.32 Å². The second-order valence-electron chi connectivity index (χ2n) is 5.15. The van der Waals surface area contributed by atoms with E-state index in [0.717, 1.165) is 19.6 Å². The standard InChI is InChI=1S/C15H23N3/c1-12(2)18(3)9-8-16-11-13-4-5-15-14(10-13)6-7-17-15/h4-7,10,12,16-17H,8-9,11H2,1-3H3. The maximum atomic E-state index is 3.49. The molecule has 1 heterocycles. The summed E-state index contributed by atoms with van der Waals surface area (Å²) in [5, 5.41) is 4.78. The summed E-state index contributed by atoms with van der Waals surface area (Å²) in [6.45, 7) is 7.50. The van der Waals surface area contributed by atoms with Gasteiger partial charge in [-0.25, -0.2) is 0 Å². The highest BCUT2D eigenvalue weighted by molar-refractivity contribution is 5.79. The van der Waals surface area contributed by atoms with Crippen LogP contribution in [-0.2, 0) is 6.54 Å². The van der Waals surface area contributed by atoms with Gasteiger partial charge >= 0.3 is 0 Å². The molecule has 0 spiro atoms. The SMILES string of the molecule is CC(C)N(C)CCNCc1ccc2[nH]ccc2c1. The number of rotatable bonds is 6. The molecule has 0 aliphatic heterocycles. The van der Waals surface area contributed by atoms with Gasteiger partial charge in [0.15, 0.2) is 0 Å². The molecule has 2 aromatic rings. The second-order valence-corrected chi connectivity index (χ2v) is 5.15. The summed E-state index contributed by atoms with van der Waals surface area (Å²) < 4.78 is 0. The lowest BCUT2D eigenvalue weighted by Gasteiger charge is -2.20. The van der Waals surface area contributed by atoms with Gasteiger partial charge in [-0.3, -0.25) is 0 Å². The molecule has 0 aliphatic carbocycles. The van der Waals surface area contributed by atoms with Crippen LogP contribution in [0.25, 0.3) is 10.9 Å². The molecule has 0 amide bonds. The average Bonchev–Trinajstić information content (AvgIpc) is 2.81. The van der Waals surface area contributed by atoms with Crippen molar-refractivity contribution in [2.24, 2.45) is 0 Å². The van der Waals surface area contributed by atoms with Gasteiger partial charge in [0.25, 0.3) is 0 Å². The first kappa shape index (κ1) is 13.1. The Hall–Kier alpha value is -1.32. The molecule has 1 aromatic heterocycles. The van der Waals surface area contributed by atoms with Crippen LogP contribution in [0, 0.1) is 0 Å². The molecule has 0 saturated heterocycles. The molecule has 0 bridgehead atoms. The van der Waals surface area contributed by atoms with Crippen molar-refractivity contribution < 1.29 is 0 Å². The Kier molecular flexibility index (Phi) is 4.39. The number of benzene rings is 1. The zero-order valence-electron chi connectivity index (χ0n) is 11.5. The molecule has 0 atom stereocenters. The Morgan fingerprint density at radius 2 is 2.11 bits per heavy atom. The van der Waals surface area contributed by atoms with E-state index in [4.69, 9.17) is 0 Å². The number of fused-ring (bicyclic) bond motifs is 1. The topological polar surface area (TPSA) is 31.1 Å². The Morgan fingerprint density at radius 3 is 2.89 bits per heavy atom. The predicted octanol–water partition coefficient (Wildman–Crippen LogP) is 2.60. The molecule has 3 nitrogen and oxygen atoms in total. The van der Waals surface area contributed by atoms with Gasteiger partial charge in [0.2, 0.25) is 0 Å². The van der Waals surface area contributed by atoms with Crippen LogP contribution in [-0.4, -0.2) is 36.1 Å². The first-order valence-electron chi connectivity index (χ1n) is 6.64. The van der Waals surface area contributed by atoms with Crippen LogP contribution in [0.3, 0.4) is 0 Å².